The van der Waals surface area contributed by atoms with Gasteiger partial charge in [0.15, 0.2) is 5.96 Å². The molecule has 2 fully saturated rings. The minimum absolute atomic E-state index is 0. The van der Waals surface area contributed by atoms with Crippen LogP contribution in [0.4, 0.5) is 0 Å². The van der Waals surface area contributed by atoms with Gasteiger partial charge in [0, 0.05) is 25.7 Å². The van der Waals surface area contributed by atoms with Crippen molar-refractivity contribution in [3.05, 3.63) is 0 Å². The van der Waals surface area contributed by atoms with Gasteiger partial charge in [-0.25, -0.2) is 0 Å². The van der Waals surface area contributed by atoms with Crippen LogP contribution in [-0.2, 0) is 0 Å². The summed E-state index contributed by atoms with van der Waals surface area (Å²) in [5.74, 6) is 0.991. The predicted molar refractivity (Wildman–Crippen MR) is 92.4 cm³/mol. The third kappa shape index (κ3) is 5.10. The van der Waals surface area contributed by atoms with Gasteiger partial charge in [-0.15, -0.1) is 24.0 Å². The van der Waals surface area contributed by atoms with E-state index in [9.17, 15) is 0 Å². The lowest BCUT2D eigenvalue weighted by Gasteiger charge is -2.24. The van der Waals surface area contributed by atoms with Crippen molar-refractivity contribution in [2.75, 3.05) is 26.7 Å². The Bertz CT molecular complexity index is 277. The molecular formula is C14H29IN4. The van der Waals surface area contributed by atoms with Crippen LogP contribution in [0.5, 0.6) is 0 Å². The lowest BCUT2D eigenvalue weighted by molar-refractivity contribution is 0.267. The molecule has 2 aliphatic rings. The van der Waals surface area contributed by atoms with Gasteiger partial charge in [-0.1, -0.05) is 19.8 Å². The van der Waals surface area contributed by atoms with Crippen molar-refractivity contribution in [2.24, 2.45) is 4.99 Å². The van der Waals surface area contributed by atoms with Crippen molar-refractivity contribution >= 4 is 29.9 Å². The van der Waals surface area contributed by atoms with E-state index in [-0.39, 0.29) is 24.0 Å². The van der Waals surface area contributed by atoms with Crippen LogP contribution in [0.25, 0.3) is 0 Å². The van der Waals surface area contributed by atoms with Crippen LogP contribution in [0.2, 0.25) is 0 Å². The van der Waals surface area contributed by atoms with Crippen molar-refractivity contribution in [1.82, 2.24) is 15.5 Å². The minimum atomic E-state index is 0. The Morgan fingerprint density at radius 2 is 1.95 bits per heavy atom. The maximum absolute atomic E-state index is 4.34. The molecule has 1 unspecified atom stereocenters. The summed E-state index contributed by atoms with van der Waals surface area (Å²) in [5, 5.41) is 7.04. The Labute approximate surface area is 134 Å². The standard InChI is InChI=1S/C14H28N4.HI/c1-3-18-10-6-9-13(18)11-16-14(15-2)17-12-7-4-5-8-12;/h12-13H,3-11H2,1-2H3,(H2,15,16,17);1H. The number of likely N-dealkylation sites (N-methyl/N-ethyl adjacent to an activating group) is 1. The number of nitrogens with one attached hydrogen (secondary N) is 2. The molecule has 1 heterocycles. The van der Waals surface area contributed by atoms with Crippen LogP contribution >= 0.6 is 24.0 Å². The number of rotatable bonds is 4. The molecule has 5 heteroatoms. The smallest absolute Gasteiger partial charge is 0.191 e. The summed E-state index contributed by atoms with van der Waals surface area (Å²) in [4.78, 5) is 6.90. The number of nitrogens with zero attached hydrogens (tertiary/aromatic N) is 2. The lowest BCUT2D eigenvalue weighted by atomic mass is 10.2. The van der Waals surface area contributed by atoms with Crippen molar-refractivity contribution in [1.29, 1.82) is 0 Å². The molecule has 0 radical (unpaired) electrons. The number of guanidine groups is 1. The zero-order chi connectivity index (χ0) is 12.8. The number of halogens is 1. The molecule has 1 saturated carbocycles. The molecule has 1 aliphatic heterocycles. The summed E-state index contributed by atoms with van der Waals surface area (Å²) < 4.78 is 0. The molecule has 0 aromatic carbocycles. The van der Waals surface area contributed by atoms with Gasteiger partial charge in [-0.3, -0.25) is 9.89 Å². The summed E-state index contributed by atoms with van der Waals surface area (Å²) in [6, 6.07) is 1.33. The summed E-state index contributed by atoms with van der Waals surface area (Å²) in [5.41, 5.74) is 0. The van der Waals surface area contributed by atoms with E-state index >= 15 is 0 Å². The van der Waals surface area contributed by atoms with E-state index in [1.807, 2.05) is 7.05 Å². The highest BCUT2D eigenvalue weighted by Gasteiger charge is 2.23. The fourth-order valence-corrected chi connectivity index (χ4v) is 3.22. The fraction of sp³-hybridized carbons (Fsp3) is 0.929. The second kappa shape index (κ2) is 9.00. The molecule has 112 valence electrons. The Balaban J connectivity index is 0.00000180. The first-order valence-electron chi connectivity index (χ1n) is 7.54. The molecule has 0 amide bonds. The van der Waals surface area contributed by atoms with Crippen molar-refractivity contribution < 1.29 is 0 Å². The van der Waals surface area contributed by atoms with Crippen LogP contribution in [0.1, 0.15) is 45.4 Å². The second-order valence-corrected chi connectivity index (χ2v) is 5.50. The van der Waals surface area contributed by atoms with Gasteiger partial charge in [0.1, 0.15) is 0 Å². The molecule has 1 atom stereocenters. The second-order valence-electron chi connectivity index (χ2n) is 5.50. The van der Waals surface area contributed by atoms with E-state index in [2.05, 4.69) is 27.4 Å². The topological polar surface area (TPSA) is 39.7 Å². The van der Waals surface area contributed by atoms with Crippen molar-refractivity contribution in [3.63, 3.8) is 0 Å². The molecule has 2 N–H and O–H groups in total. The molecule has 1 saturated heterocycles. The van der Waals surface area contributed by atoms with E-state index in [4.69, 9.17) is 0 Å². The summed E-state index contributed by atoms with van der Waals surface area (Å²) in [6.45, 7) is 5.71. The van der Waals surface area contributed by atoms with Crippen LogP contribution < -0.4 is 10.6 Å². The maximum atomic E-state index is 4.34. The average Bonchev–Trinajstić information content (AvgIpc) is 3.05. The minimum Gasteiger partial charge on any atom is -0.355 e. The SMILES string of the molecule is CCN1CCCC1CNC(=NC)NC1CCCC1.I. The third-order valence-electron chi connectivity index (χ3n) is 4.33. The molecular weight excluding hydrogens is 351 g/mol. The largest absolute Gasteiger partial charge is 0.355 e. The maximum Gasteiger partial charge on any atom is 0.191 e. The quantitative estimate of drug-likeness (QED) is 0.446. The van der Waals surface area contributed by atoms with Gasteiger partial charge in [0.2, 0.25) is 0 Å². The summed E-state index contributed by atoms with van der Waals surface area (Å²) >= 11 is 0. The molecule has 0 aromatic rings. The van der Waals surface area contributed by atoms with E-state index in [1.54, 1.807) is 0 Å². The predicted octanol–water partition coefficient (Wildman–Crippen LogP) is 2.20. The summed E-state index contributed by atoms with van der Waals surface area (Å²) in [6.07, 6.45) is 7.98. The first-order chi connectivity index (χ1) is 8.83. The lowest BCUT2D eigenvalue weighted by Crippen LogP contribution is -2.47. The van der Waals surface area contributed by atoms with Crippen molar-refractivity contribution in [2.45, 2.75) is 57.5 Å². The molecule has 0 bridgehead atoms. The number of hydrogen-bond donors (Lipinski definition) is 2. The third-order valence-corrected chi connectivity index (χ3v) is 4.33. The van der Waals surface area contributed by atoms with Crippen LogP contribution in [0.15, 0.2) is 4.99 Å². The van der Waals surface area contributed by atoms with Gasteiger partial charge in [0.05, 0.1) is 0 Å². The number of likely N-dealkylation sites (tertiary alicyclic amines) is 1. The normalized spacial score (nSPS) is 25.4. The Morgan fingerprint density at radius 1 is 1.21 bits per heavy atom. The Hall–Kier alpha value is -0.0400. The number of hydrogen-bond acceptors (Lipinski definition) is 2. The highest BCUT2D eigenvalue weighted by atomic mass is 127. The first kappa shape index (κ1) is 17.0. The van der Waals surface area contributed by atoms with E-state index in [0.29, 0.717) is 12.1 Å². The molecule has 2 rings (SSSR count). The van der Waals surface area contributed by atoms with E-state index in [0.717, 1.165) is 12.5 Å². The molecule has 4 nitrogen and oxygen atoms in total. The van der Waals surface area contributed by atoms with Gasteiger partial charge >= 0.3 is 0 Å². The zero-order valence-electron chi connectivity index (χ0n) is 12.3. The molecule has 0 spiro atoms. The average molecular weight is 380 g/mol. The number of aliphatic imine (C=N–C) groups is 1. The van der Waals surface area contributed by atoms with Crippen LogP contribution in [-0.4, -0.2) is 49.6 Å². The van der Waals surface area contributed by atoms with Gasteiger partial charge in [-0.2, -0.15) is 0 Å². The molecule has 1 aliphatic carbocycles. The van der Waals surface area contributed by atoms with Gasteiger partial charge in [0.25, 0.3) is 0 Å². The zero-order valence-corrected chi connectivity index (χ0v) is 14.7. The monoisotopic (exact) mass is 380 g/mol. The van der Waals surface area contributed by atoms with Crippen LogP contribution in [0.3, 0.4) is 0 Å². The highest BCUT2D eigenvalue weighted by molar-refractivity contribution is 14.0. The van der Waals surface area contributed by atoms with Gasteiger partial charge in [-0.05, 0) is 38.8 Å². The fourth-order valence-electron chi connectivity index (χ4n) is 3.22. The van der Waals surface area contributed by atoms with Crippen molar-refractivity contribution in [3.8, 4) is 0 Å². The first-order valence-corrected chi connectivity index (χ1v) is 7.54. The Morgan fingerprint density at radius 3 is 2.58 bits per heavy atom. The van der Waals surface area contributed by atoms with E-state index in [1.165, 1.54) is 51.6 Å². The van der Waals surface area contributed by atoms with Crippen LogP contribution in [0, 0.1) is 0 Å². The highest BCUT2D eigenvalue weighted by Crippen LogP contribution is 2.18. The Kier molecular flexibility index (Phi) is 8.06. The molecule has 0 aromatic heterocycles. The van der Waals surface area contributed by atoms with Gasteiger partial charge < -0.3 is 10.6 Å². The molecule has 19 heavy (non-hydrogen) atoms. The van der Waals surface area contributed by atoms with E-state index < -0.39 is 0 Å². The summed E-state index contributed by atoms with van der Waals surface area (Å²) in [7, 11) is 1.87.